The number of carbonyl (C=O) groups is 1. The number of nitrogens with one attached hydrogen (secondary N) is 2. The first kappa shape index (κ1) is 23.0. The number of nitrogens with zero attached hydrogens (tertiary/aromatic N) is 3. The Morgan fingerprint density at radius 3 is 2.88 bits per heavy atom. The van der Waals surface area contributed by atoms with E-state index in [0.717, 1.165) is 11.3 Å². The molecule has 0 radical (unpaired) electrons. The molecule has 1 fully saturated rings. The molecule has 1 atom stereocenters. The lowest BCUT2D eigenvalue weighted by Crippen LogP contribution is -2.43. The van der Waals surface area contributed by atoms with Crippen molar-refractivity contribution in [2.24, 2.45) is 0 Å². The number of carbonyl (C=O) groups excluding carboxylic acids is 1. The number of ether oxygens (including phenoxy) is 3. The SMILES string of the molecule is CCOC(=O)c1cnc(NCc2ccc(OC)cc2)c(C=N)c1N1CCOC(CC#N)C1. The van der Waals surface area contributed by atoms with Gasteiger partial charge in [0.1, 0.15) is 17.1 Å². The number of morpholine rings is 1. The summed E-state index contributed by atoms with van der Waals surface area (Å²) in [6, 6.07) is 9.77. The van der Waals surface area contributed by atoms with Crippen LogP contribution in [0.2, 0.25) is 0 Å². The molecule has 9 nitrogen and oxygen atoms in total. The quantitative estimate of drug-likeness (QED) is 0.454. The minimum absolute atomic E-state index is 0.232. The molecule has 1 aromatic heterocycles. The highest BCUT2D eigenvalue weighted by molar-refractivity contribution is 6.03. The summed E-state index contributed by atoms with van der Waals surface area (Å²) in [4.78, 5) is 19.0. The lowest BCUT2D eigenvalue weighted by atomic mass is 10.1. The molecule has 32 heavy (non-hydrogen) atoms. The molecule has 2 aromatic rings. The van der Waals surface area contributed by atoms with Crippen LogP contribution in [-0.2, 0) is 16.0 Å². The second-order valence-electron chi connectivity index (χ2n) is 7.15. The van der Waals surface area contributed by atoms with Crippen molar-refractivity contribution in [2.45, 2.75) is 26.0 Å². The minimum Gasteiger partial charge on any atom is -0.497 e. The highest BCUT2D eigenvalue weighted by Gasteiger charge is 2.28. The number of nitriles is 1. The molecule has 0 aliphatic carbocycles. The fraction of sp³-hybridized carbons (Fsp3) is 0.391. The van der Waals surface area contributed by atoms with Gasteiger partial charge < -0.3 is 29.8 Å². The van der Waals surface area contributed by atoms with E-state index in [4.69, 9.17) is 24.9 Å². The van der Waals surface area contributed by atoms with Crippen LogP contribution in [0.3, 0.4) is 0 Å². The maximum atomic E-state index is 12.7. The van der Waals surface area contributed by atoms with Gasteiger partial charge in [0, 0.05) is 32.0 Å². The fourth-order valence-corrected chi connectivity index (χ4v) is 3.57. The number of pyridine rings is 1. The Hall–Kier alpha value is -3.64. The van der Waals surface area contributed by atoms with Gasteiger partial charge in [0.05, 0.1) is 50.2 Å². The van der Waals surface area contributed by atoms with E-state index >= 15 is 0 Å². The van der Waals surface area contributed by atoms with Gasteiger partial charge in [0.2, 0.25) is 0 Å². The average molecular weight is 438 g/mol. The smallest absolute Gasteiger partial charge is 0.341 e. The highest BCUT2D eigenvalue weighted by Crippen LogP contribution is 2.31. The first-order chi connectivity index (χ1) is 15.6. The van der Waals surface area contributed by atoms with E-state index in [-0.39, 0.29) is 24.7 Å². The lowest BCUT2D eigenvalue weighted by Gasteiger charge is -2.35. The van der Waals surface area contributed by atoms with Crippen LogP contribution < -0.4 is 15.0 Å². The van der Waals surface area contributed by atoms with Crippen LogP contribution in [0.4, 0.5) is 11.5 Å². The molecule has 9 heteroatoms. The zero-order valence-electron chi connectivity index (χ0n) is 18.3. The molecule has 0 amide bonds. The van der Waals surface area contributed by atoms with E-state index < -0.39 is 5.97 Å². The van der Waals surface area contributed by atoms with Crippen molar-refractivity contribution in [2.75, 3.05) is 43.6 Å². The first-order valence-electron chi connectivity index (χ1n) is 10.4. The van der Waals surface area contributed by atoms with Crippen LogP contribution in [0.25, 0.3) is 0 Å². The predicted octanol–water partition coefficient (Wildman–Crippen LogP) is 3.00. The number of methoxy groups -OCH3 is 1. The van der Waals surface area contributed by atoms with Gasteiger partial charge in [-0.05, 0) is 24.6 Å². The summed E-state index contributed by atoms with van der Waals surface area (Å²) in [7, 11) is 1.62. The van der Waals surface area contributed by atoms with Crippen molar-refractivity contribution in [3.63, 3.8) is 0 Å². The van der Waals surface area contributed by atoms with E-state index in [9.17, 15) is 4.79 Å². The number of esters is 1. The maximum absolute atomic E-state index is 12.7. The van der Waals surface area contributed by atoms with Gasteiger partial charge in [-0.15, -0.1) is 0 Å². The number of benzene rings is 1. The summed E-state index contributed by atoms with van der Waals surface area (Å²) in [5.41, 5.74) is 2.36. The minimum atomic E-state index is -0.497. The molecule has 2 N–H and O–H groups in total. The van der Waals surface area contributed by atoms with Gasteiger partial charge in [-0.25, -0.2) is 9.78 Å². The Kier molecular flexibility index (Phi) is 8.00. The predicted molar refractivity (Wildman–Crippen MR) is 121 cm³/mol. The summed E-state index contributed by atoms with van der Waals surface area (Å²) in [6.07, 6.45) is 2.65. The van der Waals surface area contributed by atoms with Crippen molar-refractivity contribution < 1.29 is 19.0 Å². The molecule has 1 aliphatic rings. The summed E-state index contributed by atoms with van der Waals surface area (Å²) in [5, 5.41) is 20.4. The topological polar surface area (TPSA) is 121 Å². The second-order valence-corrected chi connectivity index (χ2v) is 7.15. The Bertz CT molecular complexity index is 987. The van der Waals surface area contributed by atoms with Crippen molar-refractivity contribution in [1.82, 2.24) is 4.98 Å². The molecule has 168 valence electrons. The number of anilines is 2. The molecule has 1 saturated heterocycles. The van der Waals surface area contributed by atoms with E-state index in [1.165, 1.54) is 12.4 Å². The molecular formula is C23H27N5O4. The summed E-state index contributed by atoms with van der Waals surface area (Å²) >= 11 is 0. The van der Waals surface area contributed by atoms with Gasteiger partial charge in [-0.1, -0.05) is 12.1 Å². The average Bonchev–Trinajstić information content (AvgIpc) is 2.83. The van der Waals surface area contributed by atoms with Crippen molar-refractivity contribution in [3.8, 4) is 11.8 Å². The number of hydrogen-bond donors (Lipinski definition) is 2. The number of aromatic nitrogens is 1. The Labute approximate surface area is 187 Å². The molecule has 0 saturated carbocycles. The Balaban J connectivity index is 1.94. The van der Waals surface area contributed by atoms with Crippen LogP contribution in [0.1, 0.15) is 34.8 Å². The zero-order valence-corrected chi connectivity index (χ0v) is 18.3. The first-order valence-corrected chi connectivity index (χ1v) is 10.4. The van der Waals surface area contributed by atoms with E-state index in [1.54, 1.807) is 14.0 Å². The Morgan fingerprint density at radius 1 is 1.44 bits per heavy atom. The van der Waals surface area contributed by atoms with Gasteiger partial charge in [0.25, 0.3) is 0 Å². The number of rotatable bonds is 9. The normalized spacial score (nSPS) is 15.5. The van der Waals surface area contributed by atoms with Gasteiger partial charge in [-0.2, -0.15) is 5.26 Å². The van der Waals surface area contributed by atoms with Crippen LogP contribution in [-0.4, -0.2) is 56.7 Å². The van der Waals surface area contributed by atoms with Gasteiger partial charge in [0.15, 0.2) is 0 Å². The molecule has 1 aliphatic heterocycles. The molecule has 2 heterocycles. The largest absolute Gasteiger partial charge is 0.497 e. The second kappa shape index (κ2) is 11.1. The molecule has 0 bridgehead atoms. The maximum Gasteiger partial charge on any atom is 0.341 e. The number of hydrogen-bond acceptors (Lipinski definition) is 9. The summed E-state index contributed by atoms with van der Waals surface area (Å²) < 4.78 is 16.1. The van der Waals surface area contributed by atoms with Crippen LogP contribution in [0.5, 0.6) is 5.75 Å². The zero-order chi connectivity index (χ0) is 22.9. The van der Waals surface area contributed by atoms with Crippen molar-refractivity contribution in [3.05, 3.63) is 47.2 Å². The third-order valence-electron chi connectivity index (χ3n) is 5.12. The third-order valence-corrected chi connectivity index (χ3v) is 5.12. The fourth-order valence-electron chi connectivity index (χ4n) is 3.57. The molecule has 1 aromatic carbocycles. The van der Waals surface area contributed by atoms with Crippen molar-refractivity contribution in [1.29, 1.82) is 10.7 Å². The van der Waals surface area contributed by atoms with E-state index in [2.05, 4.69) is 16.4 Å². The van der Waals surface area contributed by atoms with Gasteiger partial charge in [-0.3, -0.25) is 0 Å². The van der Waals surface area contributed by atoms with Crippen LogP contribution in [0, 0.1) is 16.7 Å². The van der Waals surface area contributed by atoms with E-state index in [0.29, 0.717) is 43.3 Å². The van der Waals surface area contributed by atoms with Crippen LogP contribution in [0.15, 0.2) is 30.5 Å². The molecule has 1 unspecified atom stereocenters. The summed E-state index contributed by atoms with van der Waals surface area (Å²) in [6.45, 7) is 3.83. The Morgan fingerprint density at radius 2 is 2.22 bits per heavy atom. The van der Waals surface area contributed by atoms with Crippen LogP contribution >= 0.6 is 0 Å². The summed E-state index contributed by atoms with van der Waals surface area (Å²) in [5.74, 6) is 0.762. The highest BCUT2D eigenvalue weighted by atomic mass is 16.5. The molecule has 3 rings (SSSR count). The van der Waals surface area contributed by atoms with E-state index in [1.807, 2.05) is 29.2 Å². The van der Waals surface area contributed by atoms with Gasteiger partial charge >= 0.3 is 5.97 Å². The third kappa shape index (κ3) is 5.34. The monoisotopic (exact) mass is 437 g/mol. The lowest BCUT2D eigenvalue weighted by molar-refractivity contribution is 0.0430. The molecular weight excluding hydrogens is 410 g/mol. The standard InChI is InChI=1S/C23H27N5O4/c1-3-31-23(29)20-14-27-22(26-13-16-4-6-17(30-2)7-5-16)19(12-25)21(20)28-10-11-32-18(15-28)8-9-24/h4-7,12,14,18,25H,3,8,10-11,13,15H2,1-2H3,(H,26,27). The molecule has 0 spiro atoms. The van der Waals surface area contributed by atoms with Crippen molar-refractivity contribution >= 4 is 23.7 Å².